The Morgan fingerprint density at radius 2 is 2.13 bits per heavy atom. The molecule has 0 spiro atoms. The van der Waals surface area contributed by atoms with E-state index in [1.54, 1.807) is 30.3 Å². The van der Waals surface area contributed by atoms with Crippen LogP contribution in [0.1, 0.15) is 11.3 Å². The number of nitrogens with zero attached hydrogens (tertiary/aromatic N) is 2. The van der Waals surface area contributed by atoms with Gasteiger partial charge in [0.25, 0.3) is 0 Å². The number of ether oxygens (including phenoxy) is 2. The molecule has 120 valence electrons. The molecular weight excluding hydrogens is 320 g/mol. The van der Waals surface area contributed by atoms with E-state index in [2.05, 4.69) is 9.97 Å². The van der Waals surface area contributed by atoms with Crippen molar-refractivity contribution in [2.45, 2.75) is 6.61 Å². The number of benzene rings is 1. The second-order valence-corrected chi connectivity index (χ2v) is 4.88. The van der Waals surface area contributed by atoms with Crippen molar-refractivity contribution in [3.63, 3.8) is 0 Å². The average Bonchev–Trinajstić information content (AvgIpc) is 2.54. The smallest absolute Gasteiger partial charge is 0.336 e. The minimum absolute atomic E-state index is 0.114. The first kappa shape index (κ1) is 16.9. The summed E-state index contributed by atoms with van der Waals surface area (Å²) < 4.78 is 10.6. The minimum atomic E-state index is -1.05. The summed E-state index contributed by atoms with van der Waals surface area (Å²) in [5.74, 6) is -0.616. The molecule has 1 N–H and O–H groups in total. The maximum Gasteiger partial charge on any atom is 0.336 e. The number of carboxylic acids is 1. The third kappa shape index (κ3) is 4.77. The van der Waals surface area contributed by atoms with Crippen molar-refractivity contribution in [1.82, 2.24) is 9.97 Å². The Labute approximate surface area is 138 Å². The van der Waals surface area contributed by atoms with Crippen molar-refractivity contribution in [1.29, 1.82) is 0 Å². The van der Waals surface area contributed by atoms with Crippen LogP contribution in [0, 0.1) is 0 Å². The van der Waals surface area contributed by atoms with Crippen LogP contribution in [0.3, 0.4) is 0 Å². The molecule has 1 aromatic heterocycles. The Hall–Kier alpha value is -2.44. The first-order valence-electron chi connectivity index (χ1n) is 6.73. The number of rotatable bonds is 7. The van der Waals surface area contributed by atoms with Crippen LogP contribution < -0.4 is 4.74 Å². The molecular formula is C16H15ClN2O4. The number of methoxy groups -OCH3 is 1. The number of hydrogen-bond acceptors (Lipinski definition) is 5. The van der Waals surface area contributed by atoms with Crippen molar-refractivity contribution < 1.29 is 19.4 Å². The van der Waals surface area contributed by atoms with Crippen molar-refractivity contribution in [3.8, 4) is 5.75 Å². The highest BCUT2D eigenvalue weighted by molar-refractivity contribution is 6.29. The number of halogens is 1. The molecule has 0 fully saturated rings. The molecule has 1 aromatic carbocycles. The molecule has 0 bridgehead atoms. The van der Waals surface area contributed by atoms with Crippen LogP contribution in [-0.2, 0) is 16.1 Å². The first-order chi connectivity index (χ1) is 11.1. The van der Waals surface area contributed by atoms with Gasteiger partial charge in [-0.2, -0.15) is 0 Å². The van der Waals surface area contributed by atoms with Gasteiger partial charge >= 0.3 is 5.97 Å². The number of carboxylic acid groups (broad SMARTS) is 1. The van der Waals surface area contributed by atoms with Gasteiger partial charge in [0.05, 0.1) is 17.9 Å². The van der Waals surface area contributed by atoms with Crippen LogP contribution in [0.15, 0.2) is 42.7 Å². The van der Waals surface area contributed by atoms with E-state index >= 15 is 0 Å². The van der Waals surface area contributed by atoms with Crippen molar-refractivity contribution in [3.05, 3.63) is 59.1 Å². The summed E-state index contributed by atoms with van der Waals surface area (Å²) >= 11 is 5.80. The molecule has 6 nitrogen and oxygen atoms in total. The Morgan fingerprint density at radius 1 is 1.35 bits per heavy atom. The van der Waals surface area contributed by atoms with Gasteiger partial charge in [-0.25, -0.2) is 14.8 Å². The van der Waals surface area contributed by atoms with E-state index in [4.69, 9.17) is 21.1 Å². The monoisotopic (exact) mass is 334 g/mol. The predicted molar refractivity (Wildman–Crippen MR) is 85.3 cm³/mol. The molecule has 2 aromatic rings. The van der Waals surface area contributed by atoms with Crippen molar-refractivity contribution in [2.75, 3.05) is 13.7 Å². The van der Waals surface area contributed by atoms with E-state index in [-0.39, 0.29) is 18.8 Å². The standard InChI is InChI=1S/C16H15ClN2O4/c1-22-7-6-13(16(20)21)12-4-2-3-5-14(12)23-9-11-8-15(17)19-10-18-11/h2-6,8,10H,7,9H2,1H3,(H,20,21)/b13-6+. The lowest BCUT2D eigenvalue weighted by Crippen LogP contribution is -2.05. The maximum atomic E-state index is 11.5. The molecule has 0 atom stereocenters. The van der Waals surface area contributed by atoms with Crippen LogP contribution in [0.25, 0.3) is 5.57 Å². The summed E-state index contributed by atoms with van der Waals surface area (Å²) in [5, 5.41) is 9.70. The van der Waals surface area contributed by atoms with E-state index in [0.29, 0.717) is 22.2 Å². The molecule has 7 heteroatoms. The molecule has 1 heterocycles. The van der Waals surface area contributed by atoms with Crippen LogP contribution >= 0.6 is 11.6 Å². The fraction of sp³-hybridized carbons (Fsp3) is 0.188. The molecule has 2 rings (SSSR count). The van der Waals surface area contributed by atoms with E-state index < -0.39 is 5.97 Å². The number of carbonyl (C=O) groups is 1. The zero-order valence-corrected chi connectivity index (χ0v) is 13.2. The highest BCUT2D eigenvalue weighted by Crippen LogP contribution is 2.27. The molecule has 23 heavy (non-hydrogen) atoms. The number of aromatic nitrogens is 2. The molecule has 0 unspecified atom stereocenters. The third-order valence-corrected chi connectivity index (χ3v) is 3.13. The third-order valence-electron chi connectivity index (χ3n) is 2.93. The maximum absolute atomic E-state index is 11.5. The van der Waals surface area contributed by atoms with Crippen LogP contribution in [0.5, 0.6) is 5.75 Å². The quantitative estimate of drug-likeness (QED) is 0.619. The topological polar surface area (TPSA) is 81.5 Å². The lowest BCUT2D eigenvalue weighted by Gasteiger charge is -2.12. The summed E-state index contributed by atoms with van der Waals surface area (Å²) in [7, 11) is 1.50. The Balaban J connectivity index is 2.24. The SMILES string of the molecule is COC/C=C(/C(=O)O)c1ccccc1OCc1cc(Cl)ncn1. The van der Waals surface area contributed by atoms with E-state index in [1.807, 2.05) is 0 Å². The highest BCUT2D eigenvalue weighted by atomic mass is 35.5. The van der Waals surface area contributed by atoms with Gasteiger partial charge < -0.3 is 14.6 Å². The van der Waals surface area contributed by atoms with Gasteiger partial charge in [0, 0.05) is 18.7 Å². The minimum Gasteiger partial charge on any atom is -0.487 e. The second kappa shape index (κ2) is 8.26. The van der Waals surface area contributed by atoms with E-state index in [1.165, 1.54) is 19.5 Å². The largest absolute Gasteiger partial charge is 0.487 e. The molecule has 0 amide bonds. The summed E-state index contributed by atoms with van der Waals surface area (Å²) in [5.41, 5.74) is 1.18. The summed E-state index contributed by atoms with van der Waals surface area (Å²) in [6.45, 7) is 0.341. The normalized spacial score (nSPS) is 11.3. The summed E-state index contributed by atoms with van der Waals surface area (Å²) in [6, 6.07) is 8.47. The zero-order chi connectivity index (χ0) is 16.7. The molecule has 0 radical (unpaired) electrons. The van der Waals surface area contributed by atoms with Crippen molar-refractivity contribution >= 4 is 23.1 Å². The van der Waals surface area contributed by atoms with Gasteiger partial charge in [-0.05, 0) is 12.1 Å². The van der Waals surface area contributed by atoms with Gasteiger partial charge in [-0.15, -0.1) is 0 Å². The fourth-order valence-corrected chi connectivity index (χ4v) is 2.06. The van der Waals surface area contributed by atoms with Crippen LogP contribution in [-0.4, -0.2) is 34.8 Å². The zero-order valence-electron chi connectivity index (χ0n) is 12.4. The van der Waals surface area contributed by atoms with E-state index in [9.17, 15) is 9.90 Å². The van der Waals surface area contributed by atoms with E-state index in [0.717, 1.165) is 0 Å². The second-order valence-electron chi connectivity index (χ2n) is 4.50. The Morgan fingerprint density at radius 3 is 2.83 bits per heavy atom. The van der Waals surface area contributed by atoms with Crippen LogP contribution in [0.4, 0.5) is 0 Å². The van der Waals surface area contributed by atoms with Crippen LogP contribution in [0.2, 0.25) is 5.15 Å². The van der Waals surface area contributed by atoms with Gasteiger partial charge in [-0.3, -0.25) is 0 Å². The fourth-order valence-electron chi connectivity index (χ4n) is 1.89. The van der Waals surface area contributed by atoms with Gasteiger partial charge in [-0.1, -0.05) is 29.8 Å². The molecule has 0 saturated carbocycles. The molecule has 0 aliphatic carbocycles. The Kier molecular flexibility index (Phi) is 6.08. The van der Waals surface area contributed by atoms with Gasteiger partial charge in [0.15, 0.2) is 0 Å². The first-order valence-corrected chi connectivity index (χ1v) is 7.10. The number of hydrogen-bond donors (Lipinski definition) is 1. The Bertz CT molecular complexity index is 719. The predicted octanol–water partition coefficient (Wildman–Crippen LogP) is 2.82. The number of para-hydroxylation sites is 1. The highest BCUT2D eigenvalue weighted by Gasteiger charge is 2.15. The lowest BCUT2D eigenvalue weighted by atomic mass is 10.0. The van der Waals surface area contributed by atoms with Crippen molar-refractivity contribution in [2.24, 2.45) is 0 Å². The average molecular weight is 335 g/mol. The molecule has 0 aliphatic rings. The van der Waals surface area contributed by atoms with Gasteiger partial charge in [0.1, 0.15) is 23.8 Å². The number of aliphatic carboxylic acids is 1. The molecule has 0 saturated heterocycles. The molecule has 0 aliphatic heterocycles. The lowest BCUT2D eigenvalue weighted by molar-refractivity contribution is -0.130. The van der Waals surface area contributed by atoms with Gasteiger partial charge in [0.2, 0.25) is 0 Å². The summed E-state index contributed by atoms with van der Waals surface area (Å²) in [4.78, 5) is 19.3. The summed E-state index contributed by atoms with van der Waals surface area (Å²) in [6.07, 6.45) is 2.83.